The van der Waals surface area contributed by atoms with Crippen molar-refractivity contribution in [3.63, 3.8) is 0 Å². The van der Waals surface area contributed by atoms with E-state index in [1.165, 1.54) is 0 Å². The van der Waals surface area contributed by atoms with E-state index in [2.05, 4.69) is 46.0 Å². The second kappa shape index (κ2) is 7.80. The minimum absolute atomic E-state index is 0.460. The third-order valence-electron chi connectivity index (χ3n) is 3.50. The van der Waals surface area contributed by atoms with Crippen LogP contribution in [0.2, 0.25) is 0 Å². The van der Waals surface area contributed by atoms with E-state index in [0.29, 0.717) is 6.04 Å². The van der Waals surface area contributed by atoms with Crippen LogP contribution in [0.15, 0.2) is 36.8 Å². The second-order valence-corrected chi connectivity index (χ2v) is 5.17. The van der Waals surface area contributed by atoms with Crippen molar-refractivity contribution >= 4 is 0 Å². The molecule has 0 bridgehead atoms. The largest absolute Gasteiger partial charge is 0.338 e. The lowest BCUT2D eigenvalue weighted by Crippen LogP contribution is -2.32. The van der Waals surface area contributed by atoms with Crippen LogP contribution in [0, 0.1) is 0 Å². The molecule has 0 aliphatic rings. The number of nitrogens with zero attached hydrogens (tertiary/aromatic N) is 3. The maximum Gasteiger partial charge on any atom is 0.108 e. The van der Waals surface area contributed by atoms with Crippen LogP contribution in [0.1, 0.15) is 31.3 Å². The summed E-state index contributed by atoms with van der Waals surface area (Å²) < 4.78 is 2.09. The van der Waals surface area contributed by atoms with Gasteiger partial charge < -0.3 is 9.88 Å². The number of hydrogen-bond acceptors (Lipinski definition) is 3. The van der Waals surface area contributed by atoms with Gasteiger partial charge in [0.05, 0.1) is 0 Å². The summed E-state index contributed by atoms with van der Waals surface area (Å²) in [6.07, 6.45) is 9.95. The normalized spacial score (nSPS) is 12.5. The van der Waals surface area contributed by atoms with Gasteiger partial charge in [0, 0.05) is 50.2 Å². The van der Waals surface area contributed by atoms with Gasteiger partial charge in [-0.1, -0.05) is 13.0 Å². The highest BCUT2D eigenvalue weighted by molar-refractivity contribution is 5.05. The number of pyridine rings is 1. The fraction of sp³-hybridized carbons (Fsp3) is 0.500. The lowest BCUT2D eigenvalue weighted by molar-refractivity contribution is 0.467. The predicted molar refractivity (Wildman–Crippen MR) is 81.6 cm³/mol. The second-order valence-electron chi connectivity index (χ2n) is 5.17. The van der Waals surface area contributed by atoms with Crippen LogP contribution in [-0.4, -0.2) is 27.1 Å². The average Bonchev–Trinajstić information content (AvgIpc) is 2.88. The number of nitrogens with one attached hydrogen (secondary N) is 1. The molecule has 0 aliphatic heterocycles. The topological polar surface area (TPSA) is 42.7 Å². The zero-order valence-corrected chi connectivity index (χ0v) is 12.4. The minimum atomic E-state index is 0.460. The Hall–Kier alpha value is -1.68. The molecule has 1 N–H and O–H groups in total. The summed E-state index contributed by atoms with van der Waals surface area (Å²) in [5.74, 6) is 1.15. The molecule has 0 amide bonds. The van der Waals surface area contributed by atoms with E-state index in [9.17, 15) is 0 Å². The summed E-state index contributed by atoms with van der Waals surface area (Å²) in [6, 6.07) is 6.58. The first-order chi connectivity index (χ1) is 9.79. The molecule has 1 atom stereocenters. The van der Waals surface area contributed by atoms with E-state index >= 15 is 0 Å². The highest BCUT2D eigenvalue weighted by Crippen LogP contribution is 2.07. The monoisotopic (exact) mass is 272 g/mol. The van der Waals surface area contributed by atoms with Crippen molar-refractivity contribution in [3.8, 4) is 0 Å². The number of hydrogen-bond donors (Lipinski definition) is 1. The first-order valence-electron chi connectivity index (χ1n) is 7.39. The summed E-state index contributed by atoms with van der Waals surface area (Å²) >= 11 is 0. The van der Waals surface area contributed by atoms with Crippen molar-refractivity contribution in [1.29, 1.82) is 0 Å². The van der Waals surface area contributed by atoms with Gasteiger partial charge in [0.15, 0.2) is 0 Å². The smallest absolute Gasteiger partial charge is 0.108 e. The molecule has 0 radical (unpaired) electrons. The number of rotatable bonds is 8. The summed E-state index contributed by atoms with van der Waals surface area (Å²) in [5.41, 5.74) is 1.15. The van der Waals surface area contributed by atoms with E-state index < -0.39 is 0 Å². The SMILES string of the molecule is CCCNC(CCc1nccn1C)Cc1ccccn1. The van der Waals surface area contributed by atoms with Crippen LogP contribution in [0.5, 0.6) is 0 Å². The van der Waals surface area contributed by atoms with Gasteiger partial charge in [0.1, 0.15) is 5.82 Å². The number of aryl methyl sites for hydroxylation is 2. The number of imidazole rings is 1. The fourth-order valence-corrected chi connectivity index (χ4v) is 2.34. The first kappa shape index (κ1) is 14.7. The van der Waals surface area contributed by atoms with Crippen LogP contribution >= 0.6 is 0 Å². The minimum Gasteiger partial charge on any atom is -0.338 e. The molecule has 1 unspecified atom stereocenters. The molecule has 2 rings (SSSR count). The van der Waals surface area contributed by atoms with Crippen molar-refractivity contribution in [3.05, 3.63) is 48.3 Å². The molecule has 2 aromatic rings. The summed E-state index contributed by atoms with van der Waals surface area (Å²) in [6.45, 7) is 3.25. The molecule has 0 fully saturated rings. The lowest BCUT2D eigenvalue weighted by atomic mass is 10.0. The Morgan fingerprint density at radius 3 is 2.80 bits per heavy atom. The summed E-state index contributed by atoms with van der Waals surface area (Å²) in [7, 11) is 2.05. The van der Waals surface area contributed by atoms with E-state index in [1.54, 1.807) is 0 Å². The zero-order chi connectivity index (χ0) is 14.2. The van der Waals surface area contributed by atoms with Crippen LogP contribution in [-0.2, 0) is 19.9 Å². The van der Waals surface area contributed by atoms with Gasteiger partial charge in [-0.15, -0.1) is 0 Å². The Labute approximate surface area is 121 Å². The standard InChI is InChI=1S/C16H24N4/c1-3-9-17-15(13-14-6-4-5-10-18-14)7-8-16-19-11-12-20(16)2/h4-6,10-12,15,17H,3,7-9,13H2,1-2H3. The molecule has 4 nitrogen and oxygen atoms in total. The number of aromatic nitrogens is 3. The van der Waals surface area contributed by atoms with E-state index in [-0.39, 0.29) is 0 Å². The van der Waals surface area contributed by atoms with Crippen molar-refractivity contribution in [1.82, 2.24) is 19.9 Å². The van der Waals surface area contributed by atoms with E-state index in [4.69, 9.17) is 0 Å². The molecule has 2 aromatic heterocycles. The van der Waals surface area contributed by atoms with Crippen molar-refractivity contribution in [2.75, 3.05) is 6.54 Å². The van der Waals surface area contributed by atoms with Gasteiger partial charge in [-0.25, -0.2) is 4.98 Å². The first-order valence-corrected chi connectivity index (χ1v) is 7.39. The van der Waals surface area contributed by atoms with Gasteiger partial charge in [-0.05, 0) is 31.5 Å². The highest BCUT2D eigenvalue weighted by Gasteiger charge is 2.11. The van der Waals surface area contributed by atoms with Gasteiger partial charge in [0.25, 0.3) is 0 Å². The summed E-state index contributed by atoms with van der Waals surface area (Å²) in [4.78, 5) is 8.82. The molecular formula is C16H24N4. The summed E-state index contributed by atoms with van der Waals surface area (Å²) in [5, 5.41) is 3.62. The highest BCUT2D eigenvalue weighted by atomic mass is 15.0. The molecule has 0 saturated carbocycles. The third-order valence-corrected chi connectivity index (χ3v) is 3.50. The Morgan fingerprint density at radius 2 is 2.15 bits per heavy atom. The van der Waals surface area contributed by atoms with Gasteiger partial charge in [-0.2, -0.15) is 0 Å². The molecule has 4 heteroatoms. The molecule has 0 aliphatic carbocycles. The molecule has 0 aromatic carbocycles. The van der Waals surface area contributed by atoms with Crippen LogP contribution in [0.4, 0.5) is 0 Å². The van der Waals surface area contributed by atoms with Gasteiger partial charge >= 0.3 is 0 Å². The Kier molecular flexibility index (Phi) is 5.74. The Morgan fingerprint density at radius 1 is 1.25 bits per heavy atom. The Balaban J connectivity index is 1.91. The van der Waals surface area contributed by atoms with E-state index in [0.717, 1.165) is 43.7 Å². The maximum atomic E-state index is 4.43. The fourth-order valence-electron chi connectivity index (χ4n) is 2.34. The zero-order valence-electron chi connectivity index (χ0n) is 12.4. The molecule has 108 valence electrons. The van der Waals surface area contributed by atoms with Crippen molar-refractivity contribution in [2.45, 2.75) is 38.6 Å². The molecule has 0 saturated heterocycles. The lowest BCUT2D eigenvalue weighted by Gasteiger charge is -2.18. The third kappa shape index (κ3) is 4.46. The van der Waals surface area contributed by atoms with Crippen molar-refractivity contribution in [2.24, 2.45) is 7.05 Å². The van der Waals surface area contributed by atoms with Crippen LogP contribution < -0.4 is 5.32 Å². The maximum absolute atomic E-state index is 4.43. The molecule has 20 heavy (non-hydrogen) atoms. The van der Waals surface area contributed by atoms with Crippen molar-refractivity contribution < 1.29 is 0 Å². The Bertz CT molecular complexity index is 492. The molecule has 0 spiro atoms. The van der Waals surface area contributed by atoms with E-state index in [1.807, 2.05) is 24.7 Å². The van der Waals surface area contributed by atoms with Gasteiger partial charge in [0.2, 0.25) is 0 Å². The average molecular weight is 272 g/mol. The predicted octanol–water partition coefficient (Wildman–Crippen LogP) is 2.36. The van der Waals surface area contributed by atoms with Crippen LogP contribution in [0.3, 0.4) is 0 Å². The van der Waals surface area contributed by atoms with Gasteiger partial charge in [-0.3, -0.25) is 4.98 Å². The molecule has 2 heterocycles. The molecular weight excluding hydrogens is 248 g/mol. The quantitative estimate of drug-likeness (QED) is 0.802. The van der Waals surface area contributed by atoms with Crippen LogP contribution in [0.25, 0.3) is 0 Å².